The van der Waals surface area contributed by atoms with Crippen molar-refractivity contribution in [3.8, 4) is 11.5 Å². The van der Waals surface area contributed by atoms with Crippen molar-refractivity contribution in [1.29, 1.82) is 0 Å². The number of piperidine rings is 1. The molecule has 3 rings (SSSR count). The van der Waals surface area contributed by atoms with E-state index in [4.69, 9.17) is 9.47 Å². The van der Waals surface area contributed by atoms with E-state index in [1.807, 2.05) is 25.1 Å². The van der Waals surface area contributed by atoms with Crippen molar-refractivity contribution in [2.24, 2.45) is 5.92 Å². The Balaban J connectivity index is 1.97. The normalized spacial score (nSPS) is 27.7. The van der Waals surface area contributed by atoms with E-state index in [1.165, 1.54) is 0 Å². The number of benzene rings is 1. The van der Waals surface area contributed by atoms with E-state index >= 15 is 0 Å². The predicted octanol–water partition coefficient (Wildman–Crippen LogP) is 2.90. The zero-order valence-corrected chi connectivity index (χ0v) is 17.4. The molecule has 6 heteroatoms. The Bertz CT molecular complexity index is 681. The van der Waals surface area contributed by atoms with Gasteiger partial charge in [-0.2, -0.15) is 0 Å². The molecule has 156 valence electrons. The number of hydrogen-bond donors (Lipinski definition) is 2. The van der Waals surface area contributed by atoms with Gasteiger partial charge in [-0.05, 0) is 43.9 Å². The van der Waals surface area contributed by atoms with Crippen molar-refractivity contribution in [2.75, 3.05) is 33.9 Å². The van der Waals surface area contributed by atoms with Gasteiger partial charge in [0.05, 0.1) is 26.4 Å². The lowest BCUT2D eigenvalue weighted by molar-refractivity contribution is -0.138. The molecule has 1 aliphatic carbocycles. The van der Waals surface area contributed by atoms with Gasteiger partial charge in [-0.1, -0.05) is 19.8 Å². The average molecular weight is 391 g/mol. The van der Waals surface area contributed by atoms with Crippen LogP contribution in [0.15, 0.2) is 18.2 Å². The predicted molar refractivity (Wildman–Crippen MR) is 109 cm³/mol. The van der Waals surface area contributed by atoms with Crippen LogP contribution in [-0.2, 0) is 4.79 Å². The molecule has 2 N–H and O–H groups in total. The van der Waals surface area contributed by atoms with Gasteiger partial charge in [0.25, 0.3) is 0 Å². The molecule has 0 spiro atoms. The lowest BCUT2D eigenvalue weighted by Gasteiger charge is -2.52. The molecule has 3 atom stereocenters. The molecule has 1 aliphatic heterocycles. The SMILES string of the molecule is CCCNC(=O)CN1CC[C@]2(O)CCCC[C@H]2[C@@H]1c1cc(OC)ccc1OC. The maximum Gasteiger partial charge on any atom is 0.234 e. The number of rotatable bonds is 7. The van der Waals surface area contributed by atoms with E-state index < -0.39 is 5.60 Å². The molecule has 0 radical (unpaired) electrons. The summed E-state index contributed by atoms with van der Waals surface area (Å²) in [5, 5.41) is 14.4. The summed E-state index contributed by atoms with van der Waals surface area (Å²) in [6.07, 6.45) is 5.57. The van der Waals surface area contributed by atoms with Crippen molar-refractivity contribution < 1.29 is 19.4 Å². The van der Waals surface area contributed by atoms with Crippen molar-refractivity contribution in [1.82, 2.24) is 10.2 Å². The van der Waals surface area contributed by atoms with Gasteiger partial charge in [0.2, 0.25) is 5.91 Å². The van der Waals surface area contributed by atoms with Crippen LogP contribution in [0.25, 0.3) is 0 Å². The average Bonchev–Trinajstić information content (AvgIpc) is 2.71. The van der Waals surface area contributed by atoms with Crippen LogP contribution in [0.5, 0.6) is 11.5 Å². The molecule has 28 heavy (non-hydrogen) atoms. The summed E-state index contributed by atoms with van der Waals surface area (Å²) in [7, 11) is 3.32. The maximum atomic E-state index is 12.5. The van der Waals surface area contributed by atoms with Crippen LogP contribution in [0.3, 0.4) is 0 Å². The van der Waals surface area contributed by atoms with E-state index in [0.717, 1.165) is 49.2 Å². The first-order valence-corrected chi connectivity index (χ1v) is 10.5. The largest absolute Gasteiger partial charge is 0.497 e. The van der Waals surface area contributed by atoms with Crippen molar-refractivity contribution in [2.45, 2.75) is 57.1 Å². The number of likely N-dealkylation sites (tertiary alicyclic amines) is 1. The molecule has 1 amide bonds. The smallest absolute Gasteiger partial charge is 0.234 e. The lowest BCUT2D eigenvalue weighted by atomic mass is 9.66. The second-order valence-electron chi connectivity index (χ2n) is 8.08. The highest BCUT2D eigenvalue weighted by molar-refractivity contribution is 5.78. The van der Waals surface area contributed by atoms with Crippen LogP contribution in [0, 0.1) is 5.92 Å². The topological polar surface area (TPSA) is 71.0 Å². The van der Waals surface area contributed by atoms with E-state index in [2.05, 4.69) is 10.2 Å². The Morgan fingerprint density at radius 3 is 2.82 bits per heavy atom. The molecule has 1 aromatic carbocycles. The van der Waals surface area contributed by atoms with Crippen LogP contribution in [0.2, 0.25) is 0 Å². The molecule has 1 heterocycles. The number of aliphatic hydroxyl groups is 1. The highest BCUT2D eigenvalue weighted by Gasteiger charge is 2.49. The Morgan fingerprint density at radius 1 is 1.29 bits per heavy atom. The van der Waals surface area contributed by atoms with Crippen LogP contribution in [0.4, 0.5) is 0 Å². The summed E-state index contributed by atoms with van der Waals surface area (Å²) < 4.78 is 11.1. The summed E-state index contributed by atoms with van der Waals surface area (Å²) in [4.78, 5) is 14.7. The number of amides is 1. The summed E-state index contributed by atoms with van der Waals surface area (Å²) in [5.41, 5.74) is 0.322. The van der Waals surface area contributed by atoms with Crippen molar-refractivity contribution >= 4 is 5.91 Å². The second kappa shape index (κ2) is 9.14. The van der Waals surface area contributed by atoms with Crippen molar-refractivity contribution in [3.63, 3.8) is 0 Å². The Labute approximate surface area is 168 Å². The summed E-state index contributed by atoms with van der Waals surface area (Å²) >= 11 is 0. The zero-order chi connectivity index (χ0) is 20.1. The third-order valence-corrected chi connectivity index (χ3v) is 6.35. The standard InChI is InChI=1S/C22H34N2O4/c1-4-12-23-20(25)15-24-13-11-22(26)10-6-5-7-18(22)21(24)17-14-16(27-2)8-9-19(17)28-3/h8-9,14,18,21,26H,4-7,10-13,15H2,1-3H3,(H,23,25)/t18-,21-,22+/m0/s1. The summed E-state index contributed by atoms with van der Waals surface area (Å²) in [5.74, 6) is 1.65. The van der Waals surface area contributed by atoms with Gasteiger partial charge < -0.3 is 19.9 Å². The van der Waals surface area contributed by atoms with Gasteiger partial charge in [0, 0.05) is 30.6 Å². The number of nitrogens with zero attached hydrogens (tertiary/aromatic N) is 1. The Kier molecular flexibility index (Phi) is 6.83. The third kappa shape index (κ3) is 4.28. The van der Waals surface area contributed by atoms with Gasteiger partial charge in [-0.25, -0.2) is 0 Å². The van der Waals surface area contributed by atoms with Crippen LogP contribution >= 0.6 is 0 Å². The van der Waals surface area contributed by atoms with Crippen molar-refractivity contribution in [3.05, 3.63) is 23.8 Å². The quantitative estimate of drug-likeness (QED) is 0.749. The van der Waals surface area contributed by atoms with E-state index in [-0.39, 0.29) is 17.9 Å². The molecular formula is C22H34N2O4. The number of carbonyl (C=O) groups excluding carboxylic acids is 1. The molecule has 1 aromatic rings. The van der Waals surface area contributed by atoms with Gasteiger partial charge >= 0.3 is 0 Å². The van der Waals surface area contributed by atoms with Crippen LogP contribution in [-0.4, -0.2) is 55.4 Å². The highest BCUT2D eigenvalue weighted by Crippen LogP contribution is 2.51. The highest BCUT2D eigenvalue weighted by atomic mass is 16.5. The van der Waals surface area contributed by atoms with Gasteiger partial charge in [-0.15, -0.1) is 0 Å². The summed E-state index contributed by atoms with van der Waals surface area (Å²) in [6.45, 7) is 3.76. The van der Waals surface area contributed by atoms with Crippen LogP contribution < -0.4 is 14.8 Å². The fraction of sp³-hybridized carbons (Fsp3) is 0.682. The number of fused-ring (bicyclic) bond motifs is 1. The molecule has 0 unspecified atom stereocenters. The molecule has 2 fully saturated rings. The molecule has 6 nitrogen and oxygen atoms in total. The zero-order valence-electron chi connectivity index (χ0n) is 17.4. The fourth-order valence-corrected chi connectivity index (χ4v) is 4.91. The minimum Gasteiger partial charge on any atom is -0.497 e. The molecular weight excluding hydrogens is 356 g/mol. The van der Waals surface area contributed by atoms with Gasteiger partial charge in [0.1, 0.15) is 11.5 Å². The van der Waals surface area contributed by atoms with E-state index in [1.54, 1.807) is 14.2 Å². The summed E-state index contributed by atoms with van der Waals surface area (Å²) in [6, 6.07) is 5.73. The first-order valence-electron chi connectivity index (χ1n) is 10.5. The third-order valence-electron chi connectivity index (χ3n) is 6.35. The molecule has 0 bridgehead atoms. The number of methoxy groups -OCH3 is 2. The maximum absolute atomic E-state index is 12.5. The molecule has 1 saturated heterocycles. The fourth-order valence-electron chi connectivity index (χ4n) is 4.91. The monoisotopic (exact) mass is 390 g/mol. The minimum absolute atomic E-state index is 0.0370. The second-order valence-corrected chi connectivity index (χ2v) is 8.08. The Hall–Kier alpha value is -1.79. The first kappa shape index (κ1) is 20.9. The number of hydrogen-bond acceptors (Lipinski definition) is 5. The lowest BCUT2D eigenvalue weighted by Crippen LogP contribution is -2.56. The molecule has 0 aromatic heterocycles. The van der Waals surface area contributed by atoms with Gasteiger partial charge in [-0.3, -0.25) is 9.69 Å². The number of ether oxygens (including phenoxy) is 2. The molecule has 2 aliphatic rings. The van der Waals surface area contributed by atoms with Crippen LogP contribution in [0.1, 0.15) is 57.1 Å². The molecule has 1 saturated carbocycles. The van der Waals surface area contributed by atoms with E-state index in [9.17, 15) is 9.90 Å². The first-order chi connectivity index (χ1) is 13.5. The number of carbonyl (C=O) groups is 1. The number of nitrogens with one attached hydrogen (secondary N) is 1. The minimum atomic E-state index is -0.673. The van der Waals surface area contributed by atoms with Gasteiger partial charge in [0.15, 0.2) is 0 Å². The Morgan fingerprint density at radius 2 is 2.11 bits per heavy atom. The van der Waals surface area contributed by atoms with E-state index in [0.29, 0.717) is 26.1 Å².